The molecule has 172 valence electrons. The van der Waals surface area contributed by atoms with E-state index < -0.39 is 0 Å². The van der Waals surface area contributed by atoms with Crippen molar-refractivity contribution in [2.75, 3.05) is 23.3 Å². The van der Waals surface area contributed by atoms with Crippen LogP contribution >= 0.6 is 0 Å². The van der Waals surface area contributed by atoms with Gasteiger partial charge in [-0.15, -0.1) is 0 Å². The lowest BCUT2D eigenvalue weighted by Crippen LogP contribution is -2.29. The summed E-state index contributed by atoms with van der Waals surface area (Å²) in [5, 5.41) is 12.0. The third-order valence-electron chi connectivity index (χ3n) is 6.23. The summed E-state index contributed by atoms with van der Waals surface area (Å²) in [5.41, 5.74) is 7.32. The van der Waals surface area contributed by atoms with Gasteiger partial charge >= 0.3 is 0 Å². The molecule has 9 heteroatoms. The lowest BCUT2D eigenvalue weighted by molar-refractivity contribution is 0.578. The van der Waals surface area contributed by atoms with Crippen LogP contribution in [0.1, 0.15) is 33.1 Å². The van der Waals surface area contributed by atoms with E-state index in [9.17, 15) is 0 Å². The normalized spacial score (nSPS) is 14.4. The molecule has 1 saturated heterocycles. The minimum atomic E-state index is 0.324. The van der Waals surface area contributed by atoms with Crippen molar-refractivity contribution in [3.05, 3.63) is 43.1 Å². The number of aromatic amines is 2. The minimum absolute atomic E-state index is 0.324. The van der Waals surface area contributed by atoms with Gasteiger partial charge in [0.05, 0.1) is 46.7 Å². The Morgan fingerprint density at radius 2 is 1.79 bits per heavy atom. The number of piperidine rings is 1. The average Bonchev–Trinajstić information content (AvgIpc) is 3.48. The summed E-state index contributed by atoms with van der Waals surface area (Å²) in [5.74, 6) is 0.720. The quantitative estimate of drug-likeness (QED) is 0.351. The van der Waals surface area contributed by atoms with E-state index in [1.165, 1.54) is 19.3 Å². The molecule has 5 aromatic rings. The van der Waals surface area contributed by atoms with Crippen molar-refractivity contribution in [1.82, 2.24) is 35.1 Å². The maximum absolute atomic E-state index is 4.97. The van der Waals surface area contributed by atoms with Crippen LogP contribution in [-0.4, -0.2) is 54.2 Å². The number of aromatic nitrogens is 7. The molecule has 6 heterocycles. The van der Waals surface area contributed by atoms with Crippen molar-refractivity contribution in [2.45, 2.75) is 39.2 Å². The van der Waals surface area contributed by atoms with Crippen molar-refractivity contribution in [3.63, 3.8) is 0 Å². The summed E-state index contributed by atoms with van der Waals surface area (Å²) >= 11 is 0. The van der Waals surface area contributed by atoms with Crippen LogP contribution in [0.15, 0.2) is 43.1 Å². The van der Waals surface area contributed by atoms with Crippen LogP contribution in [-0.2, 0) is 0 Å². The summed E-state index contributed by atoms with van der Waals surface area (Å²) in [6.45, 7) is 6.30. The molecule has 0 unspecified atom stereocenters. The van der Waals surface area contributed by atoms with Crippen molar-refractivity contribution in [3.8, 4) is 22.8 Å². The Kier molecular flexibility index (Phi) is 5.09. The molecule has 5 aromatic heterocycles. The molecule has 0 spiro atoms. The van der Waals surface area contributed by atoms with Gasteiger partial charge in [0.2, 0.25) is 0 Å². The molecule has 3 N–H and O–H groups in total. The Morgan fingerprint density at radius 3 is 2.65 bits per heavy atom. The zero-order valence-electron chi connectivity index (χ0n) is 19.3. The van der Waals surface area contributed by atoms with E-state index in [2.05, 4.69) is 60.3 Å². The highest BCUT2D eigenvalue weighted by Crippen LogP contribution is 2.32. The average molecular weight is 454 g/mol. The van der Waals surface area contributed by atoms with Crippen LogP contribution in [0.2, 0.25) is 0 Å². The Bertz CT molecular complexity index is 1460. The van der Waals surface area contributed by atoms with Gasteiger partial charge in [0, 0.05) is 42.5 Å². The second-order valence-corrected chi connectivity index (χ2v) is 9.14. The summed E-state index contributed by atoms with van der Waals surface area (Å²) in [7, 11) is 0. The van der Waals surface area contributed by atoms with Crippen molar-refractivity contribution in [2.24, 2.45) is 0 Å². The van der Waals surface area contributed by atoms with Gasteiger partial charge < -0.3 is 15.2 Å². The zero-order valence-corrected chi connectivity index (χ0v) is 19.3. The van der Waals surface area contributed by atoms with Crippen molar-refractivity contribution < 1.29 is 0 Å². The first-order valence-electron chi connectivity index (χ1n) is 11.8. The van der Waals surface area contributed by atoms with E-state index in [1.54, 1.807) is 0 Å². The molecule has 1 fully saturated rings. The maximum Gasteiger partial charge on any atom is 0.159 e. The van der Waals surface area contributed by atoms with Gasteiger partial charge in [0.15, 0.2) is 5.82 Å². The number of H-pyrrole nitrogens is 2. The first-order valence-corrected chi connectivity index (χ1v) is 11.8. The number of hydrogen-bond acceptors (Lipinski definition) is 7. The summed E-state index contributed by atoms with van der Waals surface area (Å²) in [4.78, 5) is 24.3. The van der Waals surface area contributed by atoms with Crippen LogP contribution in [0.25, 0.3) is 44.7 Å². The number of rotatable bonds is 5. The number of nitrogens with zero attached hydrogens (tertiary/aromatic N) is 6. The van der Waals surface area contributed by atoms with Crippen LogP contribution in [0.4, 0.5) is 11.4 Å². The van der Waals surface area contributed by atoms with E-state index in [0.717, 1.165) is 69.2 Å². The molecule has 6 rings (SSSR count). The highest BCUT2D eigenvalue weighted by molar-refractivity contribution is 5.96. The van der Waals surface area contributed by atoms with Crippen LogP contribution in [0, 0.1) is 0 Å². The van der Waals surface area contributed by atoms with Gasteiger partial charge in [-0.2, -0.15) is 5.10 Å². The van der Waals surface area contributed by atoms with E-state index in [-0.39, 0.29) is 0 Å². The smallest absolute Gasteiger partial charge is 0.159 e. The molecule has 0 amide bonds. The van der Waals surface area contributed by atoms with E-state index in [1.807, 2.05) is 37.1 Å². The van der Waals surface area contributed by atoms with E-state index in [0.29, 0.717) is 6.04 Å². The lowest BCUT2D eigenvalue weighted by atomic mass is 10.1. The highest BCUT2D eigenvalue weighted by atomic mass is 15.2. The van der Waals surface area contributed by atoms with Gasteiger partial charge in [-0.3, -0.25) is 20.1 Å². The van der Waals surface area contributed by atoms with Crippen molar-refractivity contribution >= 4 is 33.3 Å². The number of hydrogen-bond donors (Lipinski definition) is 3. The number of fused-ring (bicyclic) bond motifs is 2. The summed E-state index contributed by atoms with van der Waals surface area (Å²) < 4.78 is 0. The van der Waals surface area contributed by atoms with Gasteiger partial charge in [0.1, 0.15) is 11.2 Å². The predicted molar refractivity (Wildman–Crippen MR) is 135 cm³/mol. The van der Waals surface area contributed by atoms with E-state index in [4.69, 9.17) is 4.98 Å². The molecule has 0 aliphatic carbocycles. The van der Waals surface area contributed by atoms with Crippen molar-refractivity contribution in [1.29, 1.82) is 0 Å². The lowest BCUT2D eigenvalue weighted by Gasteiger charge is -2.28. The Hall–Kier alpha value is -4.01. The molecule has 0 saturated carbocycles. The third-order valence-corrected chi connectivity index (χ3v) is 6.23. The molecule has 1 aliphatic heterocycles. The fourth-order valence-corrected chi connectivity index (χ4v) is 4.64. The largest absolute Gasteiger partial charge is 0.382 e. The molecular weight excluding hydrogens is 426 g/mol. The van der Waals surface area contributed by atoms with Gasteiger partial charge in [-0.05, 0) is 45.2 Å². The first kappa shape index (κ1) is 20.6. The number of pyridine rings is 3. The van der Waals surface area contributed by atoms with Crippen LogP contribution in [0.5, 0.6) is 0 Å². The molecule has 1 aliphatic rings. The Balaban J connectivity index is 1.41. The van der Waals surface area contributed by atoms with Gasteiger partial charge in [-0.25, -0.2) is 4.98 Å². The molecule has 0 bridgehead atoms. The summed E-state index contributed by atoms with van der Waals surface area (Å²) in [6, 6.07) is 4.44. The fraction of sp³-hybridized carbons (Fsp3) is 0.320. The molecular formula is C25H27N9. The Labute approximate surface area is 197 Å². The number of imidazole rings is 1. The SMILES string of the molecule is CC(C)Nc1cncc(-c2cc3c(-c4nc5c(N6CCCCC6)cncc5[nH]4)n[nH]c3cn2)c1. The highest BCUT2D eigenvalue weighted by Gasteiger charge is 2.19. The van der Waals surface area contributed by atoms with Gasteiger partial charge in [-0.1, -0.05) is 0 Å². The third kappa shape index (κ3) is 3.72. The minimum Gasteiger partial charge on any atom is -0.382 e. The molecule has 34 heavy (non-hydrogen) atoms. The predicted octanol–water partition coefficient (Wildman–Crippen LogP) is 4.77. The molecule has 0 atom stereocenters. The number of anilines is 2. The van der Waals surface area contributed by atoms with Gasteiger partial charge in [0.25, 0.3) is 0 Å². The number of nitrogens with one attached hydrogen (secondary N) is 3. The topological polar surface area (TPSA) is 111 Å². The Morgan fingerprint density at radius 1 is 0.941 bits per heavy atom. The molecule has 0 radical (unpaired) electrons. The zero-order chi connectivity index (χ0) is 23.1. The van der Waals surface area contributed by atoms with Crippen LogP contribution < -0.4 is 10.2 Å². The molecule has 0 aromatic carbocycles. The maximum atomic E-state index is 4.97. The van der Waals surface area contributed by atoms with Crippen LogP contribution in [0.3, 0.4) is 0 Å². The standard InChI is InChI=1S/C25H27N9/c1-15(2)29-17-8-16(10-26-11-17)19-9-18-20(13-28-19)32-33-23(18)25-30-21-12-27-14-22(24(21)31-25)34-6-4-3-5-7-34/h8-15,29H,3-7H2,1-2H3,(H,30,31)(H,32,33). The first-order chi connectivity index (χ1) is 16.7. The summed E-state index contributed by atoms with van der Waals surface area (Å²) in [6.07, 6.45) is 12.9. The second kappa shape index (κ2) is 8.40. The fourth-order valence-electron chi connectivity index (χ4n) is 4.64. The molecule has 9 nitrogen and oxygen atoms in total. The van der Waals surface area contributed by atoms with E-state index >= 15 is 0 Å². The monoisotopic (exact) mass is 453 g/mol. The second-order valence-electron chi connectivity index (χ2n) is 9.14.